The van der Waals surface area contributed by atoms with Crippen LogP contribution in [0.2, 0.25) is 5.15 Å². The molecule has 0 saturated carbocycles. The number of hydrogen-bond acceptors (Lipinski definition) is 4. The van der Waals surface area contributed by atoms with E-state index in [2.05, 4.69) is 20.2 Å². The van der Waals surface area contributed by atoms with Crippen molar-refractivity contribution in [2.24, 2.45) is 5.10 Å². The van der Waals surface area contributed by atoms with Crippen molar-refractivity contribution in [3.8, 4) is 0 Å². The number of hydrogen-bond donors (Lipinski definition) is 1. The van der Waals surface area contributed by atoms with E-state index in [-0.39, 0.29) is 0 Å². The third kappa shape index (κ3) is 3.24. The average molecular weight is 292 g/mol. The molecular weight excluding hydrogens is 278 g/mol. The standard InChI is InChI=1S/C14H14ClN3O2/c1-3-20-14(19)18-16-8-11-7-10-6-4-5-9(2)12(10)17-13(11)15/h4-8H,3H2,1-2H3,(H,18,19)/b16-8-. The van der Waals surface area contributed by atoms with Crippen LogP contribution in [0.25, 0.3) is 10.9 Å². The van der Waals surface area contributed by atoms with Gasteiger partial charge in [0, 0.05) is 10.9 Å². The minimum atomic E-state index is -0.607. The fraction of sp³-hybridized carbons (Fsp3) is 0.214. The second-order valence-corrected chi connectivity index (χ2v) is 4.46. The first-order valence-electron chi connectivity index (χ1n) is 6.13. The van der Waals surface area contributed by atoms with E-state index in [1.165, 1.54) is 6.21 Å². The largest absolute Gasteiger partial charge is 0.449 e. The molecule has 1 aromatic carbocycles. The Bertz CT molecular complexity index is 671. The molecule has 1 heterocycles. The van der Waals surface area contributed by atoms with Crippen molar-refractivity contribution < 1.29 is 9.53 Å². The summed E-state index contributed by atoms with van der Waals surface area (Å²) in [5, 5.41) is 5.08. The number of hydrazone groups is 1. The van der Waals surface area contributed by atoms with Crippen LogP contribution in [0.1, 0.15) is 18.1 Å². The maximum Gasteiger partial charge on any atom is 0.427 e. The Balaban J connectivity index is 2.24. The first-order chi connectivity index (χ1) is 9.61. The number of rotatable bonds is 3. The number of amides is 1. The van der Waals surface area contributed by atoms with Gasteiger partial charge in [0.25, 0.3) is 0 Å². The van der Waals surface area contributed by atoms with Gasteiger partial charge in [-0.2, -0.15) is 5.10 Å². The third-order valence-corrected chi connectivity index (χ3v) is 2.97. The molecule has 0 fully saturated rings. The molecule has 1 amide bonds. The number of carbonyl (C=O) groups is 1. The van der Waals surface area contributed by atoms with Crippen LogP contribution < -0.4 is 5.43 Å². The van der Waals surface area contributed by atoms with Gasteiger partial charge in [0.2, 0.25) is 0 Å². The molecule has 0 aliphatic heterocycles. The van der Waals surface area contributed by atoms with Gasteiger partial charge in [-0.15, -0.1) is 0 Å². The Labute approximate surface area is 121 Å². The molecule has 0 aliphatic carbocycles. The summed E-state index contributed by atoms with van der Waals surface area (Å²) in [4.78, 5) is 15.4. The Morgan fingerprint density at radius 3 is 3.10 bits per heavy atom. The van der Waals surface area contributed by atoms with Crippen LogP contribution in [-0.2, 0) is 4.74 Å². The number of nitrogens with one attached hydrogen (secondary N) is 1. The van der Waals surface area contributed by atoms with Crippen molar-refractivity contribution in [2.45, 2.75) is 13.8 Å². The number of carbonyl (C=O) groups excluding carboxylic acids is 1. The lowest BCUT2D eigenvalue weighted by Crippen LogP contribution is -2.18. The highest BCUT2D eigenvalue weighted by Crippen LogP contribution is 2.21. The molecule has 0 bridgehead atoms. The molecule has 1 aromatic heterocycles. The highest BCUT2D eigenvalue weighted by atomic mass is 35.5. The lowest BCUT2D eigenvalue weighted by Gasteiger charge is -2.04. The number of aromatic nitrogens is 1. The molecule has 0 atom stereocenters. The van der Waals surface area contributed by atoms with E-state index in [1.807, 2.05) is 31.2 Å². The molecule has 0 aliphatic rings. The van der Waals surface area contributed by atoms with E-state index in [1.54, 1.807) is 6.92 Å². The molecule has 1 N–H and O–H groups in total. The van der Waals surface area contributed by atoms with Crippen LogP contribution >= 0.6 is 11.6 Å². The van der Waals surface area contributed by atoms with Gasteiger partial charge in [-0.1, -0.05) is 29.8 Å². The van der Waals surface area contributed by atoms with Gasteiger partial charge in [0.1, 0.15) is 5.15 Å². The van der Waals surface area contributed by atoms with Gasteiger partial charge in [-0.05, 0) is 25.5 Å². The first-order valence-corrected chi connectivity index (χ1v) is 6.51. The van der Waals surface area contributed by atoms with Crippen molar-refractivity contribution in [3.63, 3.8) is 0 Å². The Hall–Kier alpha value is -2.14. The maximum absolute atomic E-state index is 11.1. The minimum Gasteiger partial charge on any atom is -0.449 e. The molecule has 0 unspecified atom stereocenters. The quantitative estimate of drug-likeness (QED) is 0.536. The van der Waals surface area contributed by atoms with Crippen LogP contribution in [-0.4, -0.2) is 23.9 Å². The Kier molecular flexibility index (Phi) is 4.53. The Morgan fingerprint density at radius 2 is 2.35 bits per heavy atom. The second-order valence-electron chi connectivity index (χ2n) is 4.11. The van der Waals surface area contributed by atoms with Crippen LogP contribution in [0, 0.1) is 6.92 Å². The van der Waals surface area contributed by atoms with Gasteiger partial charge in [0.05, 0.1) is 18.3 Å². The van der Waals surface area contributed by atoms with E-state index < -0.39 is 6.09 Å². The normalized spacial score (nSPS) is 10.9. The molecule has 6 heteroatoms. The van der Waals surface area contributed by atoms with Crippen LogP contribution in [0.4, 0.5) is 4.79 Å². The van der Waals surface area contributed by atoms with Crippen molar-refractivity contribution in [1.82, 2.24) is 10.4 Å². The summed E-state index contributed by atoms with van der Waals surface area (Å²) in [5.74, 6) is 0. The Morgan fingerprint density at radius 1 is 1.55 bits per heavy atom. The van der Waals surface area contributed by atoms with E-state index in [9.17, 15) is 4.79 Å². The molecule has 0 saturated heterocycles. The van der Waals surface area contributed by atoms with Gasteiger partial charge in [-0.25, -0.2) is 15.2 Å². The number of fused-ring (bicyclic) bond motifs is 1. The van der Waals surface area contributed by atoms with Gasteiger partial charge >= 0.3 is 6.09 Å². The maximum atomic E-state index is 11.1. The lowest BCUT2D eigenvalue weighted by molar-refractivity contribution is 0.152. The number of halogens is 1. The van der Waals surface area contributed by atoms with Crippen LogP contribution in [0.3, 0.4) is 0 Å². The fourth-order valence-electron chi connectivity index (χ4n) is 1.75. The summed E-state index contributed by atoms with van der Waals surface area (Å²) >= 11 is 6.11. The van der Waals surface area contributed by atoms with Crippen LogP contribution in [0.15, 0.2) is 29.4 Å². The topological polar surface area (TPSA) is 63.6 Å². The summed E-state index contributed by atoms with van der Waals surface area (Å²) < 4.78 is 4.68. The number of para-hydroxylation sites is 1. The highest BCUT2D eigenvalue weighted by Gasteiger charge is 2.05. The number of benzene rings is 1. The fourth-order valence-corrected chi connectivity index (χ4v) is 1.94. The third-order valence-electron chi connectivity index (χ3n) is 2.66. The van der Waals surface area contributed by atoms with Gasteiger partial charge < -0.3 is 4.74 Å². The zero-order chi connectivity index (χ0) is 14.5. The summed E-state index contributed by atoms with van der Waals surface area (Å²) in [5.41, 5.74) is 4.77. The number of nitrogens with zero attached hydrogens (tertiary/aromatic N) is 2. The van der Waals surface area contributed by atoms with Crippen molar-refractivity contribution >= 4 is 34.8 Å². The smallest absolute Gasteiger partial charge is 0.427 e. The van der Waals surface area contributed by atoms with Gasteiger partial charge in [-0.3, -0.25) is 0 Å². The number of aryl methyl sites for hydroxylation is 1. The van der Waals surface area contributed by atoms with Crippen molar-refractivity contribution in [3.05, 3.63) is 40.5 Å². The molecule has 2 aromatic rings. The lowest BCUT2D eigenvalue weighted by atomic mass is 10.1. The molecule has 2 rings (SSSR count). The number of ether oxygens (including phenoxy) is 1. The zero-order valence-corrected chi connectivity index (χ0v) is 11.9. The summed E-state index contributed by atoms with van der Waals surface area (Å²) in [6, 6.07) is 7.74. The molecular formula is C14H14ClN3O2. The molecule has 0 spiro atoms. The summed E-state index contributed by atoms with van der Waals surface area (Å²) in [6.07, 6.45) is 0.832. The van der Waals surface area contributed by atoms with Crippen molar-refractivity contribution in [2.75, 3.05) is 6.61 Å². The van der Waals surface area contributed by atoms with E-state index in [4.69, 9.17) is 11.6 Å². The zero-order valence-electron chi connectivity index (χ0n) is 11.2. The summed E-state index contributed by atoms with van der Waals surface area (Å²) in [7, 11) is 0. The molecule has 104 valence electrons. The SMILES string of the molecule is CCOC(=O)N/N=C\c1cc2cccc(C)c2nc1Cl. The first kappa shape index (κ1) is 14.3. The molecule has 20 heavy (non-hydrogen) atoms. The predicted octanol–water partition coefficient (Wildman–Crippen LogP) is 3.28. The van der Waals surface area contributed by atoms with E-state index >= 15 is 0 Å². The van der Waals surface area contributed by atoms with E-state index in [0.717, 1.165) is 16.5 Å². The molecule has 0 radical (unpaired) electrons. The highest BCUT2D eigenvalue weighted by molar-refractivity contribution is 6.32. The van der Waals surface area contributed by atoms with E-state index in [0.29, 0.717) is 17.3 Å². The average Bonchev–Trinajstić information content (AvgIpc) is 2.41. The predicted molar refractivity (Wildman–Crippen MR) is 79.2 cm³/mol. The van der Waals surface area contributed by atoms with Gasteiger partial charge in [0.15, 0.2) is 0 Å². The van der Waals surface area contributed by atoms with Crippen molar-refractivity contribution in [1.29, 1.82) is 0 Å². The summed E-state index contributed by atoms with van der Waals surface area (Å²) in [6.45, 7) is 3.98. The van der Waals surface area contributed by atoms with Crippen LogP contribution in [0.5, 0.6) is 0 Å². The monoisotopic (exact) mass is 291 g/mol. The minimum absolute atomic E-state index is 0.291. The second kappa shape index (κ2) is 6.34. The molecule has 5 nitrogen and oxygen atoms in total. The number of pyridine rings is 1.